The maximum absolute atomic E-state index is 13.8. The minimum atomic E-state index is -1.06. The first-order valence-corrected chi connectivity index (χ1v) is 11.7. The van der Waals surface area contributed by atoms with Crippen LogP contribution in [0.4, 0.5) is 4.79 Å². The highest BCUT2D eigenvalue weighted by Gasteiger charge is 2.39. The third-order valence-corrected chi connectivity index (χ3v) is 5.35. The van der Waals surface area contributed by atoms with Crippen LogP contribution in [0.2, 0.25) is 0 Å². The van der Waals surface area contributed by atoms with Gasteiger partial charge in [-0.1, -0.05) is 44.9 Å². The van der Waals surface area contributed by atoms with Crippen molar-refractivity contribution in [3.05, 3.63) is 34.9 Å². The van der Waals surface area contributed by atoms with Crippen LogP contribution >= 0.6 is 0 Å². The molecule has 0 radical (unpaired) electrons. The summed E-state index contributed by atoms with van der Waals surface area (Å²) in [5.41, 5.74) is 1.06. The van der Waals surface area contributed by atoms with E-state index in [0.29, 0.717) is 12.0 Å². The van der Waals surface area contributed by atoms with Crippen molar-refractivity contribution in [1.29, 1.82) is 0 Å². The highest BCUT2D eigenvalue weighted by molar-refractivity contribution is 5.94. The van der Waals surface area contributed by atoms with Crippen molar-refractivity contribution in [2.75, 3.05) is 0 Å². The Hall–Kier alpha value is -3.01. The van der Waals surface area contributed by atoms with Crippen LogP contribution in [-0.4, -0.2) is 40.0 Å². The van der Waals surface area contributed by atoms with Crippen LogP contribution < -0.4 is 10.6 Å². The van der Waals surface area contributed by atoms with Crippen LogP contribution in [0, 0.1) is 32.2 Å². The van der Waals surface area contributed by atoms with Crippen molar-refractivity contribution in [3.63, 3.8) is 0 Å². The zero-order valence-electron chi connectivity index (χ0n) is 22.3. The molecule has 3 unspecified atom stereocenters. The van der Waals surface area contributed by atoms with Gasteiger partial charge in [-0.25, -0.2) is 4.79 Å². The smallest absolute Gasteiger partial charge is 0.408 e. The first-order valence-electron chi connectivity index (χ1n) is 11.7. The summed E-state index contributed by atoms with van der Waals surface area (Å²) in [7, 11) is 0. The number of rotatable bonds is 7. The predicted octanol–water partition coefficient (Wildman–Crippen LogP) is 4.62. The Morgan fingerprint density at radius 3 is 2.03 bits per heavy atom. The van der Waals surface area contributed by atoms with E-state index in [2.05, 4.69) is 16.7 Å². The lowest BCUT2D eigenvalue weighted by molar-refractivity contribution is -0.140. The maximum Gasteiger partial charge on any atom is 0.408 e. The number of nitrogens with zero attached hydrogens (tertiary/aromatic N) is 1. The molecule has 0 saturated heterocycles. The molecule has 1 aromatic rings. The minimum absolute atomic E-state index is 0.250. The van der Waals surface area contributed by atoms with Crippen LogP contribution in [0.5, 0.6) is 0 Å². The fourth-order valence-electron chi connectivity index (χ4n) is 3.61. The molecule has 0 aliphatic carbocycles. The van der Waals surface area contributed by atoms with Gasteiger partial charge in [0.25, 0.3) is 5.91 Å². The summed E-state index contributed by atoms with van der Waals surface area (Å²) in [5.74, 6) is -1.18. The second kappa shape index (κ2) is 11.4. The standard InChI is InChI=1S/C27H41N3O4/c1-12-17(3)21(28-25(33)34-27(9,10)11)24(32)30(13-2)22(23(31)29-26(6,7)8)20-18(4)15-14-16-19(20)5/h2,14-17,21-22H,12H2,1,3-11H3,(H,28,33)(H,29,31). The lowest BCUT2D eigenvalue weighted by Crippen LogP contribution is -2.55. The highest BCUT2D eigenvalue weighted by atomic mass is 16.6. The van der Waals surface area contributed by atoms with E-state index in [1.807, 2.05) is 66.7 Å². The molecule has 7 nitrogen and oxygen atoms in total. The van der Waals surface area contributed by atoms with E-state index in [4.69, 9.17) is 11.2 Å². The number of terminal acetylenes is 1. The lowest BCUT2D eigenvalue weighted by Gasteiger charge is -2.35. The zero-order chi connectivity index (χ0) is 26.4. The largest absolute Gasteiger partial charge is 0.444 e. The summed E-state index contributed by atoms with van der Waals surface area (Å²) < 4.78 is 5.37. The molecule has 0 aliphatic rings. The van der Waals surface area contributed by atoms with Gasteiger partial charge in [-0.05, 0) is 78.0 Å². The fourth-order valence-corrected chi connectivity index (χ4v) is 3.61. The molecule has 2 N–H and O–H groups in total. The van der Waals surface area contributed by atoms with Gasteiger partial charge in [0, 0.05) is 11.6 Å². The first kappa shape index (κ1) is 29.0. The van der Waals surface area contributed by atoms with E-state index in [1.165, 1.54) is 0 Å². The van der Waals surface area contributed by atoms with Gasteiger partial charge in [0.05, 0.1) is 0 Å². The average Bonchev–Trinajstić information content (AvgIpc) is 2.67. The number of hydrogen-bond acceptors (Lipinski definition) is 4. The Morgan fingerprint density at radius 2 is 1.62 bits per heavy atom. The highest BCUT2D eigenvalue weighted by Crippen LogP contribution is 2.29. The summed E-state index contributed by atoms with van der Waals surface area (Å²) in [6, 6.07) is 6.05. The van der Waals surface area contributed by atoms with Gasteiger partial charge in [0.2, 0.25) is 5.91 Å². The third-order valence-electron chi connectivity index (χ3n) is 5.35. The Bertz CT molecular complexity index is 914. The van der Waals surface area contributed by atoms with Crippen molar-refractivity contribution in [2.45, 2.75) is 98.9 Å². The van der Waals surface area contributed by atoms with E-state index in [1.54, 1.807) is 20.8 Å². The number of nitrogens with one attached hydrogen (secondary N) is 2. The van der Waals surface area contributed by atoms with E-state index in [-0.39, 0.29) is 5.92 Å². The normalized spacial score (nSPS) is 14.3. The number of ether oxygens (including phenoxy) is 1. The summed E-state index contributed by atoms with van der Waals surface area (Å²) in [4.78, 5) is 41.0. The quantitative estimate of drug-likeness (QED) is 0.449. The molecule has 0 bridgehead atoms. The molecule has 7 heteroatoms. The fraction of sp³-hybridized carbons (Fsp3) is 0.593. The molecular weight excluding hydrogens is 430 g/mol. The van der Waals surface area contributed by atoms with Crippen LogP contribution in [0.1, 0.15) is 84.5 Å². The van der Waals surface area contributed by atoms with Crippen LogP contribution in [0.15, 0.2) is 18.2 Å². The molecule has 188 valence electrons. The molecule has 0 aliphatic heterocycles. The molecule has 3 amide bonds. The molecule has 3 atom stereocenters. The number of benzene rings is 1. The first-order chi connectivity index (χ1) is 15.5. The van der Waals surface area contributed by atoms with Crippen molar-refractivity contribution in [3.8, 4) is 12.5 Å². The van der Waals surface area contributed by atoms with Crippen LogP contribution in [0.25, 0.3) is 0 Å². The summed E-state index contributed by atoms with van der Waals surface area (Å²) >= 11 is 0. The van der Waals surface area contributed by atoms with Gasteiger partial charge < -0.3 is 15.4 Å². The van der Waals surface area contributed by atoms with Gasteiger partial charge in [-0.2, -0.15) is 0 Å². The van der Waals surface area contributed by atoms with E-state index >= 15 is 0 Å². The number of carbonyl (C=O) groups is 3. The van der Waals surface area contributed by atoms with Gasteiger partial charge in [0.1, 0.15) is 17.7 Å². The molecule has 0 aromatic heterocycles. The van der Waals surface area contributed by atoms with Gasteiger partial charge in [-0.3, -0.25) is 14.5 Å². The van der Waals surface area contributed by atoms with Gasteiger partial charge in [-0.15, -0.1) is 0 Å². The topological polar surface area (TPSA) is 87.7 Å². The third kappa shape index (κ3) is 8.09. The molecule has 0 saturated carbocycles. The van der Waals surface area contributed by atoms with Crippen LogP contribution in [-0.2, 0) is 14.3 Å². The minimum Gasteiger partial charge on any atom is -0.444 e. The second-order valence-corrected chi connectivity index (χ2v) is 10.8. The van der Waals surface area contributed by atoms with Crippen LogP contribution in [0.3, 0.4) is 0 Å². The van der Waals surface area contributed by atoms with Crippen molar-refractivity contribution in [1.82, 2.24) is 15.5 Å². The monoisotopic (exact) mass is 471 g/mol. The van der Waals surface area contributed by atoms with Gasteiger partial charge in [0.15, 0.2) is 0 Å². The lowest BCUT2D eigenvalue weighted by atomic mass is 9.92. The number of amides is 3. The van der Waals surface area contributed by atoms with E-state index in [9.17, 15) is 14.4 Å². The Morgan fingerprint density at radius 1 is 1.09 bits per heavy atom. The van der Waals surface area contributed by atoms with Crippen molar-refractivity contribution in [2.24, 2.45) is 5.92 Å². The number of carbonyl (C=O) groups excluding carboxylic acids is 3. The molecule has 34 heavy (non-hydrogen) atoms. The number of hydrogen-bond donors (Lipinski definition) is 2. The zero-order valence-corrected chi connectivity index (χ0v) is 22.3. The summed E-state index contributed by atoms with van der Waals surface area (Å²) in [6.45, 7) is 18.3. The summed E-state index contributed by atoms with van der Waals surface area (Å²) in [6.07, 6.45) is 5.74. The Balaban J connectivity index is 3.55. The molecule has 0 fully saturated rings. The second-order valence-electron chi connectivity index (χ2n) is 10.8. The van der Waals surface area contributed by atoms with E-state index in [0.717, 1.165) is 16.0 Å². The van der Waals surface area contributed by atoms with Crippen molar-refractivity contribution >= 4 is 17.9 Å². The molecule has 1 aromatic carbocycles. The molecule has 1 rings (SSSR count). The molecule has 0 heterocycles. The average molecular weight is 472 g/mol. The molecular formula is C27H41N3O4. The van der Waals surface area contributed by atoms with Crippen molar-refractivity contribution < 1.29 is 19.1 Å². The van der Waals surface area contributed by atoms with E-state index < -0.39 is 41.1 Å². The van der Waals surface area contributed by atoms with Gasteiger partial charge >= 0.3 is 6.09 Å². The Labute approximate surface area is 205 Å². The summed E-state index contributed by atoms with van der Waals surface area (Å²) in [5, 5.41) is 5.64. The number of aryl methyl sites for hydroxylation is 2. The maximum atomic E-state index is 13.8. The number of alkyl carbamates (subject to hydrolysis) is 1. The predicted molar refractivity (Wildman–Crippen MR) is 135 cm³/mol. The Kier molecular flexibility index (Phi) is 9.74. The SMILES string of the molecule is C#CN(C(=O)C(NC(=O)OC(C)(C)C)C(C)CC)C(C(=O)NC(C)(C)C)c1c(C)cccc1C. The molecule has 0 spiro atoms.